The van der Waals surface area contributed by atoms with Gasteiger partial charge in [0.25, 0.3) is 0 Å². The lowest BCUT2D eigenvalue weighted by atomic mass is 10.2. The Morgan fingerprint density at radius 3 is 3.05 bits per heavy atom. The van der Waals surface area contributed by atoms with Gasteiger partial charge in [-0.2, -0.15) is 0 Å². The van der Waals surface area contributed by atoms with Crippen molar-refractivity contribution in [3.8, 4) is 16.3 Å². The van der Waals surface area contributed by atoms with Crippen molar-refractivity contribution in [2.45, 2.75) is 25.4 Å². The summed E-state index contributed by atoms with van der Waals surface area (Å²) in [5, 5.41) is 7.13. The molecule has 0 amide bonds. The van der Waals surface area contributed by atoms with Gasteiger partial charge >= 0.3 is 0 Å². The Morgan fingerprint density at radius 2 is 2.32 bits per heavy atom. The Hall–Kier alpha value is -1.10. The lowest BCUT2D eigenvalue weighted by Gasteiger charge is -2.07. The zero-order valence-electron chi connectivity index (χ0n) is 10.6. The van der Waals surface area contributed by atoms with Gasteiger partial charge in [0.15, 0.2) is 0 Å². The summed E-state index contributed by atoms with van der Waals surface area (Å²) in [6.45, 7) is 0.827. The summed E-state index contributed by atoms with van der Waals surface area (Å²) >= 11 is 7.86. The molecule has 0 saturated heterocycles. The number of benzene rings is 1. The van der Waals surface area contributed by atoms with Gasteiger partial charge < -0.3 is 10.1 Å². The molecule has 1 aliphatic rings. The van der Waals surface area contributed by atoms with Crippen LogP contribution in [0.15, 0.2) is 23.6 Å². The van der Waals surface area contributed by atoms with E-state index in [4.69, 9.17) is 16.3 Å². The Bertz CT molecular complexity index is 581. The minimum Gasteiger partial charge on any atom is -0.496 e. The molecule has 19 heavy (non-hydrogen) atoms. The van der Waals surface area contributed by atoms with E-state index in [-0.39, 0.29) is 0 Å². The van der Waals surface area contributed by atoms with E-state index in [0.717, 1.165) is 28.6 Å². The molecule has 0 unspecified atom stereocenters. The number of aromatic nitrogens is 1. The highest BCUT2D eigenvalue weighted by molar-refractivity contribution is 7.13. The van der Waals surface area contributed by atoms with Gasteiger partial charge in [-0.1, -0.05) is 17.7 Å². The van der Waals surface area contributed by atoms with Crippen LogP contribution in [0.1, 0.15) is 18.5 Å². The first-order valence-corrected chi connectivity index (χ1v) is 7.54. The molecule has 1 aromatic carbocycles. The minimum absolute atomic E-state index is 0.676. The van der Waals surface area contributed by atoms with Crippen LogP contribution in [0.25, 0.3) is 10.6 Å². The molecule has 0 atom stereocenters. The Balaban J connectivity index is 1.84. The highest BCUT2D eigenvalue weighted by Crippen LogP contribution is 2.37. The zero-order valence-corrected chi connectivity index (χ0v) is 12.2. The highest BCUT2D eigenvalue weighted by Gasteiger charge is 2.21. The van der Waals surface area contributed by atoms with Gasteiger partial charge in [-0.3, -0.25) is 0 Å². The lowest BCUT2D eigenvalue weighted by Crippen LogP contribution is -2.15. The van der Waals surface area contributed by atoms with Crippen LogP contribution >= 0.6 is 22.9 Å². The van der Waals surface area contributed by atoms with Gasteiger partial charge in [-0.05, 0) is 25.0 Å². The third-order valence-corrected chi connectivity index (χ3v) is 4.33. The number of nitrogens with zero attached hydrogens (tertiary/aromatic N) is 1. The van der Waals surface area contributed by atoms with E-state index in [0.29, 0.717) is 11.1 Å². The molecule has 1 heterocycles. The van der Waals surface area contributed by atoms with Gasteiger partial charge in [0, 0.05) is 18.0 Å². The number of hydrogen-bond acceptors (Lipinski definition) is 4. The van der Waals surface area contributed by atoms with Crippen LogP contribution in [0.5, 0.6) is 5.75 Å². The van der Waals surface area contributed by atoms with Gasteiger partial charge in [0.1, 0.15) is 10.8 Å². The van der Waals surface area contributed by atoms with Crippen molar-refractivity contribution in [3.05, 3.63) is 34.3 Å². The van der Waals surface area contributed by atoms with Crippen LogP contribution in [-0.4, -0.2) is 18.1 Å². The van der Waals surface area contributed by atoms with Crippen LogP contribution in [0.2, 0.25) is 5.02 Å². The van der Waals surface area contributed by atoms with Crippen LogP contribution in [-0.2, 0) is 6.54 Å². The number of rotatable bonds is 5. The van der Waals surface area contributed by atoms with Crippen molar-refractivity contribution in [1.29, 1.82) is 0 Å². The Kier molecular flexibility index (Phi) is 3.73. The van der Waals surface area contributed by atoms with E-state index in [1.54, 1.807) is 18.4 Å². The van der Waals surface area contributed by atoms with Gasteiger partial charge in [0.05, 0.1) is 23.4 Å². The summed E-state index contributed by atoms with van der Waals surface area (Å²) in [5.41, 5.74) is 1.95. The summed E-state index contributed by atoms with van der Waals surface area (Å²) in [4.78, 5) is 4.64. The molecule has 1 fully saturated rings. The van der Waals surface area contributed by atoms with Crippen molar-refractivity contribution in [2.24, 2.45) is 0 Å². The molecule has 0 aliphatic heterocycles. The lowest BCUT2D eigenvalue weighted by molar-refractivity contribution is 0.416. The van der Waals surface area contributed by atoms with E-state index in [1.165, 1.54) is 12.8 Å². The number of ether oxygens (including phenoxy) is 1. The Morgan fingerprint density at radius 1 is 1.47 bits per heavy atom. The predicted molar refractivity (Wildman–Crippen MR) is 79.0 cm³/mol. The quantitative estimate of drug-likeness (QED) is 0.912. The second-order valence-electron chi connectivity index (χ2n) is 4.62. The average molecular weight is 295 g/mol. The fourth-order valence-corrected chi connectivity index (χ4v) is 3.11. The molecular weight excluding hydrogens is 280 g/mol. The molecule has 1 N–H and O–H groups in total. The molecule has 0 radical (unpaired) electrons. The number of thiazole rings is 1. The monoisotopic (exact) mass is 294 g/mol. The zero-order chi connectivity index (χ0) is 13.2. The Labute approximate surface area is 121 Å². The number of nitrogens with one attached hydrogen (secondary N) is 1. The fourth-order valence-electron chi connectivity index (χ4n) is 1.92. The summed E-state index contributed by atoms with van der Waals surface area (Å²) < 4.78 is 5.36. The number of hydrogen-bond donors (Lipinski definition) is 1. The summed E-state index contributed by atoms with van der Waals surface area (Å²) in [6.07, 6.45) is 2.57. The van der Waals surface area contributed by atoms with Crippen molar-refractivity contribution >= 4 is 22.9 Å². The third kappa shape index (κ3) is 2.91. The third-order valence-electron chi connectivity index (χ3n) is 3.11. The first-order chi connectivity index (χ1) is 9.28. The second kappa shape index (κ2) is 5.49. The van der Waals surface area contributed by atoms with E-state index < -0.39 is 0 Å². The summed E-state index contributed by atoms with van der Waals surface area (Å²) in [7, 11) is 1.65. The van der Waals surface area contributed by atoms with E-state index >= 15 is 0 Å². The standard InChI is InChI=1S/C14H15ClN2OS/c1-18-12-4-2-3-11(15)13(12)14-17-10(8-19-14)7-16-9-5-6-9/h2-4,8-9,16H,5-7H2,1H3. The smallest absolute Gasteiger partial charge is 0.130 e. The number of halogens is 1. The molecular formula is C14H15ClN2OS. The first kappa shape index (κ1) is 12.9. The summed E-state index contributed by atoms with van der Waals surface area (Å²) in [6, 6.07) is 6.35. The van der Waals surface area contributed by atoms with Crippen molar-refractivity contribution in [1.82, 2.24) is 10.3 Å². The van der Waals surface area contributed by atoms with E-state index in [1.807, 2.05) is 18.2 Å². The maximum Gasteiger partial charge on any atom is 0.130 e. The largest absolute Gasteiger partial charge is 0.496 e. The normalized spacial score (nSPS) is 14.6. The van der Waals surface area contributed by atoms with Gasteiger partial charge in [-0.25, -0.2) is 4.98 Å². The van der Waals surface area contributed by atoms with Crippen molar-refractivity contribution < 1.29 is 4.74 Å². The van der Waals surface area contributed by atoms with Gasteiger partial charge in [-0.15, -0.1) is 11.3 Å². The summed E-state index contributed by atoms with van der Waals surface area (Å²) in [5.74, 6) is 0.767. The van der Waals surface area contributed by atoms with Gasteiger partial charge in [0.2, 0.25) is 0 Å². The van der Waals surface area contributed by atoms with Crippen LogP contribution in [0.4, 0.5) is 0 Å². The molecule has 1 saturated carbocycles. The highest BCUT2D eigenvalue weighted by atomic mass is 35.5. The van der Waals surface area contributed by atoms with Crippen LogP contribution in [0.3, 0.4) is 0 Å². The predicted octanol–water partition coefficient (Wildman–Crippen LogP) is 3.72. The molecule has 1 aromatic heterocycles. The maximum atomic E-state index is 6.26. The number of methoxy groups -OCH3 is 1. The molecule has 2 aromatic rings. The molecule has 3 nitrogen and oxygen atoms in total. The first-order valence-electron chi connectivity index (χ1n) is 6.28. The van der Waals surface area contributed by atoms with E-state index in [9.17, 15) is 0 Å². The SMILES string of the molecule is COc1cccc(Cl)c1-c1nc(CNC2CC2)cs1. The van der Waals surface area contributed by atoms with Crippen LogP contribution < -0.4 is 10.1 Å². The molecule has 100 valence electrons. The fraction of sp³-hybridized carbons (Fsp3) is 0.357. The molecule has 0 bridgehead atoms. The molecule has 1 aliphatic carbocycles. The maximum absolute atomic E-state index is 6.26. The molecule has 5 heteroatoms. The van der Waals surface area contributed by atoms with E-state index in [2.05, 4.69) is 15.7 Å². The van der Waals surface area contributed by atoms with Crippen LogP contribution in [0, 0.1) is 0 Å². The topological polar surface area (TPSA) is 34.1 Å². The second-order valence-corrected chi connectivity index (χ2v) is 5.88. The molecule has 3 rings (SSSR count). The molecule has 0 spiro atoms. The van der Waals surface area contributed by atoms with Crippen molar-refractivity contribution in [2.75, 3.05) is 7.11 Å². The minimum atomic E-state index is 0.676. The van der Waals surface area contributed by atoms with Crippen molar-refractivity contribution in [3.63, 3.8) is 0 Å². The average Bonchev–Trinajstić information content (AvgIpc) is 3.14.